The second-order valence-electron chi connectivity index (χ2n) is 4.09. The summed E-state index contributed by atoms with van der Waals surface area (Å²) < 4.78 is 14.3. The van der Waals surface area contributed by atoms with Crippen molar-refractivity contribution in [2.75, 3.05) is 0 Å². The third kappa shape index (κ3) is 1.85. The highest BCUT2D eigenvalue weighted by atomic mass is 19.1. The number of halogens is 1. The number of carboxylic acid groups (broad SMARTS) is 1. The molecule has 0 saturated carbocycles. The maximum absolute atomic E-state index is 13.2. The Balaban J connectivity index is 2.35. The van der Waals surface area contributed by atoms with Crippen LogP contribution in [0.2, 0.25) is 0 Å². The minimum atomic E-state index is -1.11. The number of benzene rings is 1. The van der Waals surface area contributed by atoms with Gasteiger partial charge in [0.1, 0.15) is 5.82 Å². The number of hydrogen-bond donors (Lipinski definition) is 1. The summed E-state index contributed by atoms with van der Waals surface area (Å²) in [5, 5.41) is 9.87. The van der Waals surface area contributed by atoms with E-state index in [4.69, 9.17) is 0 Å². The fourth-order valence-electron chi connectivity index (χ4n) is 2.12. The summed E-state index contributed by atoms with van der Waals surface area (Å²) in [5.41, 5.74) is 1.59. The van der Waals surface area contributed by atoms with Gasteiger partial charge in [0.15, 0.2) is 0 Å². The van der Waals surface area contributed by atoms with Crippen molar-refractivity contribution in [1.29, 1.82) is 0 Å². The molecule has 0 aliphatic carbocycles. The molecule has 0 spiro atoms. The Kier molecular flexibility index (Phi) is 2.52. The van der Waals surface area contributed by atoms with Crippen LogP contribution in [0.1, 0.15) is 0 Å². The van der Waals surface area contributed by atoms with Crippen LogP contribution in [0.3, 0.4) is 0 Å². The number of aromatic nitrogens is 2. The van der Waals surface area contributed by atoms with Crippen LogP contribution in [-0.2, 0) is 0 Å². The van der Waals surface area contributed by atoms with Gasteiger partial charge < -0.3 is 5.11 Å². The van der Waals surface area contributed by atoms with Crippen LogP contribution < -0.4 is 0 Å². The van der Waals surface area contributed by atoms with Crippen LogP contribution in [0.4, 0.5) is 9.18 Å². The Morgan fingerprint density at radius 2 is 2.11 bits per heavy atom. The van der Waals surface area contributed by atoms with Crippen molar-refractivity contribution in [3.8, 4) is 11.3 Å². The number of rotatable bonds is 1. The maximum Gasteiger partial charge on any atom is 0.416 e. The molecule has 1 N–H and O–H groups in total. The first-order valence-electron chi connectivity index (χ1n) is 5.61. The molecule has 19 heavy (non-hydrogen) atoms. The van der Waals surface area contributed by atoms with Crippen LogP contribution >= 0.6 is 0 Å². The molecule has 0 unspecified atom stereocenters. The maximum atomic E-state index is 13.2. The van der Waals surface area contributed by atoms with Gasteiger partial charge in [0.05, 0.1) is 11.2 Å². The van der Waals surface area contributed by atoms with Gasteiger partial charge in [-0.1, -0.05) is 0 Å². The molecule has 4 nitrogen and oxygen atoms in total. The van der Waals surface area contributed by atoms with Gasteiger partial charge >= 0.3 is 6.09 Å². The molecule has 0 aliphatic heterocycles. The zero-order valence-electron chi connectivity index (χ0n) is 9.75. The molecule has 0 aliphatic rings. The molecular weight excluding hydrogens is 247 g/mol. The highest BCUT2D eigenvalue weighted by molar-refractivity contribution is 5.95. The monoisotopic (exact) mass is 256 g/mol. The number of hydrogen-bond acceptors (Lipinski definition) is 2. The van der Waals surface area contributed by atoms with E-state index in [0.717, 1.165) is 4.57 Å². The van der Waals surface area contributed by atoms with Gasteiger partial charge in [0.2, 0.25) is 0 Å². The molecule has 94 valence electrons. The largest absolute Gasteiger partial charge is 0.464 e. The normalized spacial score (nSPS) is 10.8. The van der Waals surface area contributed by atoms with E-state index >= 15 is 0 Å². The lowest BCUT2D eigenvalue weighted by Crippen LogP contribution is -2.09. The van der Waals surface area contributed by atoms with Crippen molar-refractivity contribution in [3.63, 3.8) is 0 Å². The SMILES string of the molecule is O=C(O)n1c(-c2cccnc2)cc2cc(F)ccc21. The van der Waals surface area contributed by atoms with E-state index in [2.05, 4.69) is 4.98 Å². The van der Waals surface area contributed by atoms with Crippen molar-refractivity contribution in [3.05, 3.63) is 54.6 Å². The Labute approximate surface area is 107 Å². The predicted molar refractivity (Wildman–Crippen MR) is 68.5 cm³/mol. The minimum absolute atomic E-state index is 0.396. The second kappa shape index (κ2) is 4.20. The average Bonchev–Trinajstić information content (AvgIpc) is 2.78. The molecule has 2 aromatic heterocycles. The molecule has 0 amide bonds. The molecule has 5 heteroatoms. The Morgan fingerprint density at radius 3 is 2.79 bits per heavy atom. The summed E-state index contributed by atoms with van der Waals surface area (Å²) in [4.78, 5) is 15.4. The fraction of sp³-hybridized carbons (Fsp3) is 0. The van der Waals surface area contributed by atoms with Gasteiger partial charge in [0.25, 0.3) is 0 Å². The van der Waals surface area contributed by atoms with Gasteiger partial charge in [-0.2, -0.15) is 0 Å². The lowest BCUT2D eigenvalue weighted by molar-refractivity contribution is 0.198. The van der Waals surface area contributed by atoms with Gasteiger partial charge in [-0.15, -0.1) is 0 Å². The van der Waals surface area contributed by atoms with Crippen molar-refractivity contribution in [1.82, 2.24) is 9.55 Å². The molecule has 0 bridgehead atoms. The second-order valence-corrected chi connectivity index (χ2v) is 4.09. The Morgan fingerprint density at radius 1 is 1.26 bits per heavy atom. The Hall–Kier alpha value is -2.69. The first-order valence-corrected chi connectivity index (χ1v) is 5.61. The minimum Gasteiger partial charge on any atom is -0.464 e. The van der Waals surface area contributed by atoms with Crippen molar-refractivity contribution >= 4 is 17.0 Å². The zero-order valence-corrected chi connectivity index (χ0v) is 9.75. The molecule has 0 atom stereocenters. The predicted octanol–water partition coefficient (Wildman–Crippen LogP) is 3.37. The van der Waals surface area contributed by atoms with Crippen LogP contribution in [0, 0.1) is 5.82 Å². The molecule has 3 aromatic rings. The van der Waals surface area contributed by atoms with Gasteiger partial charge in [-0.05, 0) is 36.4 Å². The molecule has 3 rings (SSSR count). The summed E-state index contributed by atoms with van der Waals surface area (Å²) in [7, 11) is 0. The van der Waals surface area contributed by atoms with Gasteiger partial charge in [-0.3, -0.25) is 4.98 Å². The molecule has 1 aromatic carbocycles. The summed E-state index contributed by atoms with van der Waals surface area (Å²) >= 11 is 0. The van der Waals surface area contributed by atoms with E-state index in [1.54, 1.807) is 30.6 Å². The number of fused-ring (bicyclic) bond motifs is 1. The van der Waals surface area contributed by atoms with E-state index in [1.807, 2.05) is 0 Å². The number of carbonyl (C=O) groups is 1. The van der Waals surface area contributed by atoms with Crippen molar-refractivity contribution in [2.45, 2.75) is 0 Å². The van der Waals surface area contributed by atoms with Gasteiger partial charge in [0, 0.05) is 23.3 Å². The van der Waals surface area contributed by atoms with E-state index in [1.165, 1.54) is 18.2 Å². The quantitative estimate of drug-likeness (QED) is 0.726. The fourth-order valence-corrected chi connectivity index (χ4v) is 2.12. The van der Waals surface area contributed by atoms with Crippen LogP contribution in [0.25, 0.3) is 22.2 Å². The highest BCUT2D eigenvalue weighted by Crippen LogP contribution is 2.28. The van der Waals surface area contributed by atoms with E-state index in [9.17, 15) is 14.3 Å². The molecule has 0 fully saturated rings. The van der Waals surface area contributed by atoms with E-state index in [0.29, 0.717) is 22.2 Å². The molecule has 2 heterocycles. The first-order chi connectivity index (χ1) is 9.16. The van der Waals surface area contributed by atoms with Gasteiger partial charge in [-0.25, -0.2) is 13.8 Å². The number of nitrogens with zero attached hydrogens (tertiary/aromatic N) is 2. The lowest BCUT2D eigenvalue weighted by atomic mass is 10.2. The van der Waals surface area contributed by atoms with Crippen LogP contribution in [-0.4, -0.2) is 20.8 Å². The van der Waals surface area contributed by atoms with Crippen molar-refractivity contribution < 1.29 is 14.3 Å². The molecular formula is C14H9FN2O2. The smallest absolute Gasteiger partial charge is 0.416 e. The lowest BCUT2D eigenvalue weighted by Gasteiger charge is -2.04. The third-order valence-electron chi connectivity index (χ3n) is 2.91. The zero-order chi connectivity index (χ0) is 13.4. The molecule has 0 radical (unpaired) electrons. The average molecular weight is 256 g/mol. The summed E-state index contributed by atoms with van der Waals surface area (Å²) in [5.74, 6) is -0.396. The molecule has 0 saturated heterocycles. The summed E-state index contributed by atoms with van der Waals surface area (Å²) in [6.07, 6.45) is 2.07. The van der Waals surface area contributed by atoms with E-state index in [-0.39, 0.29) is 0 Å². The summed E-state index contributed by atoms with van der Waals surface area (Å²) in [6, 6.07) is 9.14. The van der Waals surface area contributed by atoms with Crippen molar-refractivity contribution in [2.24, 2.45) is 0 Å². The number of pyridine rings is 1. The first kappa shape index (κ1) is 11.4. The summed E-state index contributed by atoms with van der Waals surface area (Å²) in [6.45, 7) is 0. The standard InChI is InChI=1S/C14H9FN2O2/c15-11-3-4-12-10(6-11)7-13(17(12)14(18)19)9-2-1-5-16-8-9/h1-8H,(H,18,19). The highest BCUT2D eigenvalue weighted by Gasteiger charge is 2.15. The third-order valence-corrected chi connectivity index (χ3v) is 2.91. The Bertz CT molecular complexity index is 766. The van der Waals surface area contributed by atoms with E-state index < -0.39 is 11.9 Å². The topological polar surface area (TPSA) is 55.1 Å². The van der Waals surface area contributed by atoms with Crippen LogP contribution in [0.15, 0.2) is 48.8 Å². The van der Waals surface area contributed by atoms with Crippen LogP contribution in [0.5, 0.6) is 0 Å².